The average molecular weight is 342 g/mol. The van der Waals surface area contributed by atoms with Crippen LogP contribution in [0.3, 0.4) is 0 Å². The molecule has 25 heavy (non-hydrogen) atoms. The van der Waals surface area contributed by atoms with Crippen LogP contribution in [0.15, 0.2) is 72.3 Å². The molecular weight excluding hydrogens is 320 g/mol. The summed E-state index contributed by atoms with van der Waals surface area (Å²) in [6.07, 6.45) is 1.51. The van der Waals surface area contributed by atoms with Gasteiger partial charge in [0, 0.05) is 5.57 Å². The van der Waals surface area contributed by atoms with E-state index in [1.54, 1.807) is 13.0 Å². The maximum absolute atomic E-state index is 10.8. The van der Waals surface area contributed by atoms with Crippen molar-refractivity contribution in [1.29, 1.82) is 0 Å². The van der Waals surface area contributed by atoms with E-state index in [9.17, 15) is 4.79 Å². The molecule has 0 aliphatic rings. The first kappa shape index (κ1) is 18.5. The van der Waals surface area contributed by atoms with Crippen molar-refractivity contribution in [3.05, 3.63) is 72.3 Å². The molecule has 0 aliphatic carbocycles. The predicted octanol–water partition coefficient (Wildman–Crippen LogP) is 3.91. The molecule has 0 fully saturated rings. The van der Waals surface area contributed by atoms with Gasteiger partial charge < -0.3 is 19.3 Å². The number of hydrogen-bond donors (Lipinski definition) is 1. The van der Waals surface area contributed by atoms with E-state index in [2.05, 4.69) is 0 Å². The summed E-state index contributed by atoms with van der Waals surface area (Å²) in [5, 5.41) is 8.84. The lowest BCUT2D eigenvalue weighted by Gasteiger charge is -2.20. The van der Waals surface area contributed by atoms with Crippen LogP contribution in [0.25, 0.3) is 0 Å². The normalized spacial score (nSPS) is 12.4. The number of aliphatic carboxylic acids is 1. The Morgan fingerprint density at radius 2 is 1.64 bits per heavy atom. The maximum atomic E-state index is 10.8. The van der Waals surface area contributed by atoms with Crippen LogP contribution in [-0.4, -0.2) is 30.6 Å². The summed E-state index contributed by atoms with van der Waals surface area (Å²) >= 11 is 0. The largest absolute Gasteiger partial charge is 0.487 e. The Balaban J connectivity index is 1.89. The monoisotopic (exact) mass is 342 g/mol. The fraction of sp³-hybridized carbons (Fsp3) is 0.250. The molecule has 0 aliphatic heterocycles. The molecule has 0 bridgehead atoms. The van der Waals surface area contributed by atoms with Gasteiger partial charge in [0.25, 0.3) is 0 Å². The Hall–Kier alpha value is -2.79. The SMILES string of the molecule is CC(=CCCOC(COc1ccccc1)Oc1ccccc1)C(=O)O. The third-order valence-electron chi connectivity index (χ3n) is 3.35. The molecule has 2 aromatic carbocycles. The summed E-state index contributed by atoms with van der Waals surface area (Å²) in [5.74, 6) is 0.486. The van der Waals surface area contributed by atoms with Gasteiger partial charge in [-0.25, -0.2) is 4.79 Å². The molecule has 0 aromatic heterocycles. The lowest BCUT2D eigenvalue weighted by molar-refractivity contribution is -0.132. The predicted molar refractivity (Wildman–Crippen MR) is 94.8 cm³/mol. The first-order chi connectivity index (χ1) is 12.1. The van der Waals surface area contributed by atoms with Crippen molar-refractivity contribution >= 4 is 5.97 Å². The smallest absolute Gasteiger partial charge is 0.330 e. The standard InChI is InChI=1S/C20H22O5/c1-16(20(21)22)9-8-14-23-19(25-18-12-6-3-7-13-18)15-24-17-10-4-2-5-11-17/h2-7,9-13,19H,8,14-15H2,1H3,(H,21,22). The van der Waals surface area contributed by atoms with Gasteiger partial charge in [0.15, 0.2) is 6.61 Å². The van der Waals surface area contributed by atoms with Crippen LogP contribution in [-0.2, 0) is 9.53 Å². The maximum Gasteiger partial charge on any atom is 0.330 e. The van der Waals surface area contributed by atoms with Crippen molar-refractivity contribution in [2.24, 2.45) is 0 Å². The molecule has 132 valence electrons. The first-order valence-corrected chi connectivity index (χ1v) is 8.06. The van der Waals surface area contributed by atoms with Gasteiger partial charge in [-0.2, -0.15) is 0 Å². The molecule has 0 spiro atoms. The van der Waals surface area contributed by atoms with Gasteiger partial charge in [-0.05, 0) is 37.6 Å². The highest BCUT2D eigenvalue weighted by Crippen LogP contribution is 2.14. The van der Waals surface area contributed by atoms with Crippen molar-refractivity contribution in [2.45, 2.75) is 19.6 Å². The second-order valence-corrected chi connectivity index (χ2v) is 5.34. The summed E-state index contributed by atoms with van der Waals surface area (Å²) in [7, 11) is 0. The number of ether oxygens (including phenoxy) is 3. The van der Waals surface area contributed by atoms with E-state index in [0.717, 1.165) is 5.75 Å². The Morgan fingerprint density at radius 1 is 1.04 bits per heavy atom. The van der Waals surface area contributed by atoms with Crippen molar-refractivity contribution in [2.75, 3.05) is 13.2 Å². The van der Waals surface area contributed by atoms with Gasteiger partial charge in [0.2, 0.25) is 6.29 Å². The number of carboxylic acids is 1. The van der Waals surface area contributed by atoms with Crippen LogP contribution >= 0.6 is 0 Å². The van der Waals surface area contributed by atoms with E-state index in [0.29, 0.717) is 24.4 Å². The van der Waals surface area contributed by atoms with Crippen molar-refractivity contribution < 1.29 is 24.1 Å². The third kappa shape index (κ3) is 7.10. The fourth-order valence-corrected chi connectivity index (χ4v) is 2.01. The van der Waals surface area contributed by atoms with Gasteiger partial charge in [-0.1, -0.05) is 42.5 Å². The lowest BCUT2D eigenvalue weighted by Crippen LogP contribution is -2.28. The average Bonchev–Trinajstić information content (AvgIpc) is 2.64. The summed E-state index contributed by atoms with van der Waals surface area (Å²) < 4.78 is 17.2. The van der Waals surface area contributed by atoms with Crippen molar-refractivity contribution in [3.63, 3.8) is 0 Å². The molecule has 1 unspecified atom stereocenters. The van der Waals surface area contributed by atoms with Crippen LogP contribution in [0.5, 0.6) is 11.5 Å². The molecule has 1 atom stereocenters. The van der Waals surface area contributed by atoms with E-state index in [1.165, 1.54) is 0 Å². The van der Waals surface area contributed by atoms with E-state index in [-0.39, 0.29) is 6.61 Å². The number of carboxylic acid groups (broad SMARTS) is 1. The molecule has 0 amide bonds. The zero-order valence-corrected chi connectivity index (χ0v) is 14.1. The first-order valence-electron chi connectivity index (χ1n) is 8.06. The molecule has 5 nitrogen and oxygen atoms in total. The van der Waals surface area contributed by atoms with Gasteiger partial charge in [-0.15, -0.1) is 0 Å². The van der Waals surface area contributed by atoms with E-state index < -0.39 is 12.3 Å². The highest BCUT2D eigenvalue weighted by atomic mass is 16.7. The minimum Gasteiger partial charge on any atom is -0.487 e. The van der Waals surface area contributed by atoms with Crippen LogP contribution in [0.2, 0.25) is 0 Å². The number of benzene rings is 2. The zero-order chi connectivity index (χ0) is 17.9. The van der Waals surface area contributed by atoms with E-state index >= 15 is 0 Å². The van der Waals surface area contributed by atoms with Gasteiger partial charge in [0.05, 0.1) is 6.61 Å². The summed E-state index contributed by atoms with van der Waals surface area (Å²) in [5.41, 5.74) is 0.296. The second-order valence-electron chi connectivity index (χ2n) is 5.34. The molecule has 0 heterocycles. The Morgan fingerprint density at radius 3 is 2.24 bits per heavy atom. The molecular formula is C20H22O5. The number of para-hydroxylation sites is 2. The summed E-state index contributed by atoms with van der Waals surface area (Å²) in [4.78, 5) is 10.8. The molecule has 0 saturated heterocycles. The number of carbonyl (C=O) groups is 1. The molecule has 2 rings (SSSR count). The highest BCUT2D eigenvalue weighted by molar-refractivity contribution is 5.85. The van der Waals surface area contributed by atoms with Crippen molar-refractivity contribution in [1.82, 2.24) is 0 Å². The number of rotatable bonds is 10. The van der Waals surface area contributed by atoms with Crippen LogP contribution < -0.4 is 9.47 Å². The zero-order valence-electron chi connectivity index (χ0n) is 14.1. The van der Waals surface area contributed by atoms with Gasteiger partial charge >= 0.3 is 5.97 Å². The van der Waals surface area contributed by atoms with Crippen LogP contribution in [0.1, 0.15) is 13.3 Å². The van der Waals surface area contributed by atoms with Gasteiger partial charge in [-0.3, -0.25) is 0 Å². The third-order valence-corrected chi connectivity index (χ3v) is 3.35. The minimum absolute atomic E-state index is 0.223. The number of hydrogen-bond acceptors (Lipinski definition) is 4. The molecule has 2 aromatic rings. The van der Waals surface area contributed by atoms with Crippen molar-refractivity contribution in [3.8, 4) is 11.5 Å². The molecule has 5 heteroatoms. The fourth-order valence-electron chi connectivity index (χ4n) is 2.01. The second kappa shape index (κ2) is 10.2. The topological polar surface area (TPSA) is 65.0 Å². The summed E-state index contributed by atoms with van der Waals surface area (Å²) in [6.45, 7) is 2.11. The highest BCUT2D eigenvalue weighted by Gasteiger charge is 2.12. The lowest BCUT2D eigenvalue weighted by atomic mass is 10.2. The summed E-state index contributed by atoms with van der Waals surface area (Å²) in [6, 6.07) is 18.8. The molecule has 0 saturated carbocycles. The quantitative estimate of drug-likeness (QED) is 0.403. The Labute approximate surface area is 147 Å². The van der Waals surface area contributed by atoms with E-state index in [4.69, 9.17) is 19.3 Å². The van der Waals surface area contributed by atoms with Crippen LogP contribution in [0.4, 0.5) is 0 Å². The Kier molecular flexibility index (Phi) is 7.53. The Bertz CT molecular complexity index is 667. The molecule has 1 N–H and O–H groups in total. The minimum atomic E-state index is -0.926. The van der Waals surface area contributed by atoms with E-state index in [1.807, 2.05) is 60.7 Å². The van der Waals surface area contributed by atoms with Crippen LogP contribution in [0, 0.1) is 0 Å². The molecule has 0 radical (unpaired) electrons. The van der Waals surface area contributed by atoms with Gasteiger partial charge in [0.1, 0.15) is 11.5 Å².